The first-order valence-corrected chi connectivity index (χ1v) is 6.56. The number of ether oxygens (including phenoxy) is 1. The van der Waals surface area contributed by atoms with Crippen LogP contribution in [0.4, 0.5) is 5.69 Å². The van der Waals surface area contributed by atoms with Crippen LogP contribution in [-0.4, -0.2) is 28.8 Å². The van der Waals surface area contributed by atoms with Gasteiger partial charge in [-0.25, -0.2) is 9.48 Å². The highest BCUT2D eigenvalue weighted by Crippen LogP contribution is 2.12. The predicted molar refractivity (Wildman–Crippen MR) is 79.6 cm³/mol. The minimum Gasteiger partial charge on any atom is -0.465 e. The molecule has 0 radical (unpaired) electrons. The molecule has 2 aromatic rings. The molecule has 22 heavy (non-hydrogen) atoms. The SMILES string of the molecule is COC(=O)c1ccc(NC(=O)C(C)n2ncccc2=O)cc1. The topological polar surface area (TPSA) is 90.3 Å². The Kier molecular flexibility index (Phi) is 4.67. The second kappa shape index (κ2) is 6.66. The zero-order valence-corrected chi connectivity index (χ0v) is 12.1. The molecule has 7 nitrogen and oxygen atoms in total. The lowest BCUT2D eigenvalue weighted by Gasteiger charge is -2.13. The number of rotatable bonds is 4. The zero-order chi connectivity index (χ0) is 16.1. The Hall–Kier alpha value is -2.96. The highest BCUT2D eigenvalue weighted by atomic mass is 16.5. The van der Waals surface area contributed by atoms with Crippen LogP contribution in [0.3, 0.4) is 0 Å². The Morgan fingerprint density at radius 2 is 1.91 bits per heavy atom. The van der Waals surface area contributed by atoms with Crippen LogP contribution in [0.25, 0.3) is 0 Å². The minimum absolute atomic E-state index is 0.355. The number of benzene rings is 1. The number of nitrogens with zero attached hydrogens (tertiary/aromatic N) is 2. The quantitative estimate of drug-likeness (QED) is 0.858. The first kappa shape index (κ1) is 15.4. The van der Waals surface area contributed by atoms with Gasteiger partial charge in [-0.3, -0.25) is 9.59 Å². The maximum atomic E-state index is 12.1. The molecule has 1 unspecified atom stereocenters. The predicted octanol–water partition coefficient (Wildman–Crippen LogP) is 1.23. The summed E-state index contributed by atoms with van der Waals surface area (Å²) in [5.74, 6) is -0.835. The molecule has 0 bridgehead atoms. The van der Waals surface area contributed by atoms with Gasteiger partial charge in [0.25, 0.3) is 5.56 Å². The maximum Gasteiger partial charge on any atom is 0.337 e. The van der Waals surface area contributed by atoms with E-state index in [-0.39, 0.29) is 11.5 Å². The molecule has 1 amide bonds. The van der Waals surface area contributed by atoms with Gasteiger partial charge in [0.05, 0.1) is 12.7 Å². The fourth-order valence-corrected chi connectivity index (χ4v) is 1.83. The Morgan fingerprint density at radius 3 is 2.50 bits per heavy atom. The van der Waals surface area contributed by atoms with Crippen LogP contribution in [0.5, 0.6) is 0 Å². The molecule has 1 aromatic heterocycles. The molecule has 0 aliphatic carbocycles. The number of aromatic nitrogens is 2. The molecule has 0 aliphatic heterocycles. The van der Waals surface area contributed by atoms with Gasteiger partial charge in [0, 0.05) is 18.0 Å². The summed E-state index contributed by atoms with van der Waals surface area (Å²) in [7, 11) is 1.30. The second-order valence-electron chi connectivity index (χ2n) is 4.54. The molecule has 1 aromatic carbocycles. The molecule has 0 saturated carbocycles. The number of amides is 1. The standard InChI is InChI=1S/C15H15N3O4/c1-10(18-13(19)4-3-9-16-18)14(20)17-12-7-5-11(6-8-12)15(21)22-2/h3-10H,1-2H3,(H,17,20). The van der Waals surface area contributed by atoms with E-state index in [1.54, 1.807) is 31.2 Å². The Bertz CT molecular complexity index is 737. The summed E-state index contributed by atoms with van der Waals surface area (Å²) >= 11 is 0. The van der Waals surface area contributed by atoms with Crippen molar-refractivity contribution < 1.29 is 14.3 Å². The van der Waals surface area contributed by atoms with Crippen molar-refractivity contribution in [3.05, 3.63) is 58.5 Å². The molecular weight excluding hydrogens is 286 g/mol. The molecule has 1 heterocycles. The highest BCUT2D eigenvalue weighted by Gasteiger charge is 2.17. The third-order valence-electron chi connectivity index (χ3n) is 3.06. The van der Waals surface area contributed by atoms with Crippen molar-refractivity contribution in [3.8, 4) is 0 Å². The van der Waals surface area contributed by atoms with Crippen LogP contribution in [0.15, 0.2) is 47.4 Å². The van der Waals surface area contributed by atoms with Gasteiger partial charge in [-0.1, -0.05) is 0 Å². The minimum atomic E-state index is -0.756. The number of carbonyl (C=O) groups is 2. The zero-order valence-electron chi connectivity index (χ0n) is 12.1. The number of anilines is 1. The van der Waals surface area contributed by atoms with Crippen molar-refractivity contribution in [2.75, 3.05) is 12.4 Å². The summed E-state index contributed by atoms with van der Waals surface area (Å²) in [6.07, 6.45) is 1.44. The van der Waals surface area contributed by atoms with Crippen molar-refractivity contribution in [1.29, 1.82) is 0 Å². The molecule has 0 saturated heterocycles. The van der Waals surface area contributed by atoms with Crippen LogP contribution >= 0.6 is 0 Å². The number of carbonyl (C=O) groups excluding carboxylic acids is 2. The van der Waals surface area contributed by atoms with Crippen LogP contribution in [0, 0.1) is 0 Å². The largest absolute Gasteiger partial charge is 0.465 e. The number of hydrogen-bond donors (Lipinski definition) is 1. The summed E-state index contributed by atoms with van der Waals surface area (Å²) in [6.45, 7) is 1.58. The van der Waals surface area contributed by atoms with Gasteiger partial charge < -0.3 is 10.1 Å². The Balaban J connectivity index is 2.10. The summed E-state index contributed by atoms with van der Waals surface area (Å²) in [6, 6.07) is 8.33. The van der Waals surface area contributed by atoms with Gasteiger partial charge in [0.2, 0.25) is 5.91 Å². The fraction of sp³-hybridized carbons (Fsp3) is 0.200. The first-order valence-electron chi connectivity index (χ1n) is 6.56. The molecule has 0 fully saturated rings. The van der Waals surface area contributed by atoms with Crippen molar-refractivity contribution in [2.45, 2.75) is 13.0 Å². The molecule has 2 rings (SSSR count). The van der Waals surface area contributed by atoms with E-state index in [4.69, 9.17) is 0 Å². The van der Waals surface area contributed by atoms with Crippen molar-refractivity contribution in [2.24, 2.45) is 0 Å². The number of hydrogen-bond acceptors (Lipinski definition) is 5. The lowest BCUT2D eigenvalue weighted by Crippen LogP contribution is -2.32. The summed E-state index contributed by atoms with van der Waals surface area (Å²) in [5.41, 5.74) is 0.536. The van der Waals surface area contributed by atoms with Gasteiger partial charge in [-0.15, -0.1) is 0 Å². The normalized spacial score (nSPS) is 11.5. The summed E-state index contributed by atoms with van der Waals surface area (Å²) in [4.78, 5) is 35.1. The lowest BCUT2D eigenvalue weighted by atomic mass is 10.2. The molecule has 0 spiro atoms. The third kappa shape index (κ3) is 3.38. The average Bonchev–Trinajstić information content (AvgIpc) is 2.54. The van der Waals surface area contributed by atoms with Gasteiger partial charge in [0.1, 0.15) is 6.04 Å². The maximum absolute atomic E-state index is 12.1. The summed E-state index contributed by atoms with van der Waals surface area (Å²) < 4.78 is 5.69. The molecule has 1 atom stereocenters. The number of methoxy groups -OCH3 is 1. The van der Waals surface area contributed by atoms with Crippen LogP contribution in [0.2, 0.25) is 0 Å². The van der Waals surface area contributed by atoms with E-state index in [9.17, 15) is 14.4 Å². The Labute approximate surface area is 126 Å². The van der Waals surface area contributed by atoms with Gasteiger partial charge in [-0.05, 0) is 37.3 Å². The number of nitrogens with one attached hydrogen (secondary N) is 1. The number of esters is 1. The van der Waals surface area contributed by atoms with E-state index < -0.39 is 12.0 Å². The lowest BCUT2D eigenvalue weighted by molar-refractivity contribution is -0.119. The highest BCUT2D eigenvalue weighted by molar-refractivity contribution is 5.94. The molecule has 114 valence electrons. The van der Waals surface area contributed by atoms with E-state index >= 15 is 0 Å². The smallest absolute Gasteiger partial charge is 0.337 e. The molecule has 7 heteroatoms. The average molecular weight is 301 g/mol. The molecule has 1 N–H and O–H groups in total. The van der Waals surface area contributed by atoms with Gasteiger partial charge >= 0.3 is 5.97 Å². The van der Waals surface area contributed by atoms with Gasteiger partial charge in [-0.2, -0.15) is 5.10 Å². The van der Waals surface area contributed by atoms with E-state index in [1.165, 1.54) is 25.4 Å². The van der Waals surface area contributed by atoms with Crippen LogP contribution in [0.1, 0.15) is 23.3 Å². The van der Waals surface area contributed by atoms with Gasteiger partial charge in [0.15, 0.2) is 0 Å². The Morgan fingerprint density at radius 1 is 1.23 bits per heavy atom. The van der Waals surface area contributed by atoms with Crippen LogP contribution < -0.4 is 10.9 Å². The van der Waals surface area contributed by atoms with E-state index in [1.807, 2.05) is 0 Å². The van der Waals surface area contributed by atoms with Crippen molar-refractivity contribution in [1.82, 2.24) is 9.78 Å². The second-order valence-corrected chi connectivity index (χ2v) is 4.54. The van der Waals surface area contributed by atoms with Crippen LogP contribution in [-0.2, 0) is 9.53 Å². The monoisotopic (exact) mass is 301 g/mol. The fourth-order valence-electron chi connectivity index (χ4n) is 1.83. The van der Waals surface area contributed by atoms with E-state index in [2.05, 4.69) is 15.2 Å². The molecule has 0 aliphatic rings. The van der Waals surface area contributed by atoms with Crippen molar-refractivity contribution >= 4 is 17.6 Å². The first-order chi connectivity index (χ1) is 10.5. The van der Waals surface area contributed by atoms with E-state index in [0.29, 0.717) is 11.3 Å². The molecular formula is C15H15N3O4. The third-order valence-corrected chi connectivity index (χ3v) is 3.06. The van der Waals surface area contributed by atoms with Crippen molar-refractivity contribution in [3.63, 3.8) is 0 Å². The summed E-state index contributed by atoms with van der Waals surface area (Å²) in [5, 5.41) is 6.53. The van der Waals surface area contributed by atoms with E-state index in [0.717, 1.165) is 4.68 Å².